The van der Waals surface area contributed by atoms with Crippen LogP contribution in [0, 0.1) is 5.92 Å². The summed E-state index contributed by atoms with van der Waals surface area (Å²) in [6.07, 6.45) is 3.95. The number of carbonyl (C=O) groups excluding carboxylic acids is 3. The maximum Gasteiger partial charge on any atom is 0.238 e. The average molecular weight is 557 g/mol. The zero-order chi connectivity index (χ0) is 29.0. The van der Waals surface area contributed by atoms with Gasteiger partial charge in [0.2, 0.25) is 5.91 Å². The molecule has 1 spiro atoms. The van der Waals surface area contributed by atoms with Crippen LogP contribution in [0.4, 0.5) is 11.4 Å². The van der Waals surface area contributed by atoms with Crippen LogP contribution in [-0.4, -0.2) is 43.8 Å². The van der Waals surface area contributed by atoms with Crippen LogP contribution in [0.5, 0.6) is 11.5 Å². The Morgan fingerprint density at radius 1 is 0.833 bits per heavy atom. The molecular weight excluding hydrogens is 528 g/mol. The number of anilines is 2. The summed E-state index contributed by atoms with van der Waals surface area (Å²) in [5.41, 5.74) is 2.35. The number of benzene rings is 4. The second kappa shape index (κ2) is 9.73. The van der Waals surface area contributed by atoms with Gasteiger partial charge in [0.25, 0.3) is 0 Å². The molecule has 1 amide bonds. The molecule has 208 valence electrons. The number of rotatable bonds is 6. The third-order valence-corrected chi connectivity index (χ3v) is 8.82. The van der Waals surface area contributed by atoms with E-state index in [1.54, 1.807) is 42.5 Å². The number of fused-ring (bicyclic) bond motifs is 6. The molecule has 1 N–H and O–H groups in total. The third-order valence-electron chi connectivity index (χ3n) is 8.82. The zero-order valence-corrected chi connectivity index (χ0v) is 23.1. The summed E-state index contributed by atoms with van der Waals surface area (Å²) in [7, 11) is 3.02. The Bertz CT molecular complexity index is 1780. The molecule has 4 aromatic carbocycles. The lowest BCUT2D eigenvalue weighted by atomic mass is 9.64. The van der Waals surface area contributed by atoms with E-state index in [9.17, 15) is 9.59 Å². The molecule has 0 aromatic heterocycles. The van der Waals surface area contributed by atoms with Crippen LogP contribution in [-0.2, 0) is 10.2 Å². The van der Waals surface area contributed by atoms with Crippen molar-refractivity contribution in [1.82, 2.24) is 0 Å². The lowest BCUT2D eigenvalue weighted by Gasteiger charge is -2.37. The van der Waals surface area contributed by atoms with E-state index in [0.717, 1.165) is 11.3 Å². The molecule has 3 aliphatic heterocycles. The molecule has 3 aliphatic rings. The number of Topliss-reactive ketones (excluding diaryl/α,β-unsaturated/α-hetero) is 2. The summed E-state index contributed by atoms with van der Waals surface area (Å²) in [5, 5.41) is 3.05. The standard InChI is InChI=1S/C35H28N2O5/c1-41-23-17-18-28(42-2)24(20-23)33(39)30-31(32(38)22-11-4-3-5-12-22)37-27-15-9-6-10-21(27)16-19-29(37)35(30)25-13-7-8-14-26(25)36-34(35)40/h3-20,29-31H,1-2H3,(H,36,40). The number of hydrogen-bond donors (Lipinski definition) is 1. The van der Waals surface area contributed by atoms with Crippen molar-refractivity contribution in [2.24, 2.45) is 5.92 Å². The zero-order valence-electron chi connectivity index (χ0n) is 23.1. The van der Waals surface area contributed by atoms with Crippen molar-refractivity contribution in [1.29, 1.82) is 0 Å². The molecule has 4 aromatic rings. The molecule has 4 atom stereocenters. The minimum absolute atomic E-state index is 0.236. The first-order valence-electron chi connectivity index (χ1n) is 13.8. The molecule has 1 saturated heterocycles. The number of nitrogens with one attached hydrogen (secondary N) is 1. The highest BCUT2D eigenvalue weighted by molar-refractivity contribution is 6.19. The van der Waals surface area contributed by atoms with Crippen molar-refractivity contribution in [3.8, 4) is 11.5 Å². The lowest BCUT2D eigenvalue weighted by molar-refractivity contribution is -0.121. The van der Waals surface area contributed by atoms with Gasteiger partial charge in [0.1, 0.15) is 23.0 Å². The molecule has 0 bridgehead atoms. The van der Waals surface area contributed by atoms with Gasteiger partial charge in [0.15, 0.2) is 11.6 Å². The maximum absolute atomic E-state index is 15.1. The van der Waals surface area contributed by atoms with E-state index in [1.807, 2.05) is 71.6 Å². The van der Waals surface area contributed by atoms with Gasteiger partial charge >= 0.3 is 0 Å². The predicted molar refractivity (Wildman–Crippen MR) is 160 cm³/mol. The smallest absolute Gasteiger partial charge is 0.238 e. The van der Waals surface area contributed by atoms with E-state index in [1.165, 1.54) is 14.2 Å². The first-order valence-corrected chi connectivity index (χ1v) is 13.8. The summed E-state index contributed by atoms with van der Waals surface area (Å²) < 4.78 is 11.1. The van der Waals surface area contributed by atoms with Gasteiger partial charge in [-0.05, 0) is 41.5 Å². The number of carbonyl (C=O) groups is 3. The molecule has 0 radical (unpaired) electrons. The maximum atomic E-state index is 15.1. The van der Waals surface area contributed by atoms with Crippen LogP contribution >= 0.6 is 0 Å². The van der Waals surface area contributed by atoms with Crippen LogP contribution in [0.1, 0.15) is 31.8 Å². The van der Waals surface area contributed by atoms with Gasteiger partial charge in [0.05, 0.1) is 31.7 Å². The molecule has 4 unspecified atom stereocenters. The summed E-state index contributed by atoms with van der Waals surface area (Å²) in [6, 6.07) is 27.6. The minimum atomic E-state index is -1.40. The highest BCUT2D eigenvalue weighted by atomic mass is 16.5. The number of methoxy groups -OCH3 is 2. The van der Waals surface area contributed by atoms with Crippen molar-refractivity contribution in [3.05, 3.63) is 125 Å². The number of ketones is 2. The Morgan fingerprint density at radius 2 is 1.57 bits per heavy atom. The fourth-order valence-electron chi connectivity index (χ4n) is 7.07. The summed E-state index contributed by atoms with van der Waals surface area (Å²) in [5.74, 6) is -1.21. The number of nitrogens with zero attached hydrogens (tertiary/aromatic N) is 1. The fourth-order valence-corrected chi connectivity index (χ4v) is 7.07. The topological polar surface area (TPSA) is 84.9 Å². The van der Waals surface area contributed by atoms with Gasteiger partial charge in [-0.15, -0.1) is 0 Å². The van der Waals surface area contributed by atoms with Crippen LogP contribution in [0.15, 0.2) is 103 Å². The number of hydrogen-bond acceptors (Lipinski definition) is 6. The summed E-state index contributed by atoms with van der Waals surface area (Å²) in [4.78, 5) is 46.2. The van der Waals surface area contributed by atoms with Gasteiger partial charge in [-0.25, -0.2) is 0 Å². The van der Waals surface area contributed by atoms with Crippen LogP contribution < -0.4 is 19.7 Å². The second-order valence-electron chi connectivity index (χ2n) is 10.7. The van der Waals surface area contributed by atoms with Gasteiger partial charge in [-0.2, -0.15) is 0 Å². The highest BCUT2D eigenvalue weighted by Gasteiger charge is 2.70. The normalized spacial score (nSPS) is 23.1. The summed E-state index contributed by atoms with van der Waals surface area (Å²) >= 11 is 0. The molecule has 3 heterocycles. The van der Waals surface area contributed by atoms with Gasteiger partial charge in [-0.1, -0.05) is 78.9 Å². The predicted octanol–water partition coefficient (Wildman–Crippen LogP) is 5.56. The minimum Gasteiger partial charge on any atom is -0.497 e. The van der Waals surface area contributed by atoms with E-state index < -0.39 is 23.4 Å². The van der Waals surface area contributed by atoms with Crippen LogP contribution in [0.3, 0.4) is 0 Å². The Labute approximate surface area is 243 Å². The Kier molecular flexibility index (Phi) is 5.97. The van der Waals surface area contributed by atoms with Gasteiger partial charge in [-0.3, -0.25) is 14.4 Å². The second-order valence-corrected chi connectivity index (χ2v) is 10.7. The Morgan fingerprint density at radius 3 is 2.36 bits per heavy atom. The van der Waals surface area contributed by atoms with E-state index in [0.29, 0.717) is 28.3 Å². The molecular formula is C35H28N2O5. The van der Waals surface area contributed by atoms with Crippen molar-refractivity contribution in [2.45, 2.75) is 17.5 Å². The van der Waals surface area contributed by atoms with Crippen molar-refractivity contribution >= 4 is 34.9 Å². The average Bonchev–Trinajstić information content (AvgIpc) is 3.52. The largest absolute Gasteiger partial charge is 0.497 e. The third kappa shape index (κ3) is 3.49. The fraction of sp³-hybridized carbons (Fsp3) is 0.171. The van der Waals surface area contributed by atoms with Crippen LogP contribution in [0.2, 0.25) is 0 Å². The molecule has 42 heavy (non-hydrogen) atoms. The van der Waals surface area contributed by atoms with Gasteiger partial charge in [0, 0.05) is 16.9 Å². The van der Waals surface area contributed by atoms with Crippen molar-refractivity contribution < 1.29 is 23.9 Å². The molecule has 7 rings (SSSR count). The molecule has 1 fully saturated rings. The number of amides is 1. The molecule has 0 aliphatic carbocycles. The number of para-hydroxylation sites is 2. The highest BCUT2D eigenvalue weighted by Crippen LogP contribution is 2.58. The van der Waals surface area contributed by atoms with E-state index in [4.69, 9.17) is 9.47 Å². The molecule has 0 saturated carbocycles. The quantitative estimate of drug-likeness (QED) is 0.313. The lowest BCUT2D eigenvalue weighted by Crippen LogP contribution is -2.51. The van der Waals surface area contributed by atoms with E-state index in [2.05, 4.69) is 5.32 Å². The Balaban J connectivity index is 1.55. The monoisotopic (exact) mass is 556 g/mol. The SMILES string of the molecule is COc1ccc(OC)c(C(=O)C2C(C(=O)c3ccccc3)N3c4ccccc4C=CC3C23C(=O)Nc2ccccc23)c1. The van der Waals surface area contributed by atoms with Crippen molar-refractivity contribution in [2.75, 3.05) is 24.4 Å². The van der Waals surface area contributed by atoms with Crippen LogP contribution in [0.25, 0.3) is 6.08 Å². The summed E-state index contributed by atoms with van der Waals surface area (Å²) in [6.45, 7) is 0. The van der Waals surface area contributed by atoms with E-state index in [-0.39, 0.29) is 23.0 Å². The Hall–Kier alpha value is -5.17. The molecule has 7 nitrogen and oxygen atoms in total. The number of ether oxygens (including phenoxy) is 2. The van der Waals surface area contributed by atoms with E-state index >= 15 is 4.79 Å². The first-order chi connectivity index (χ1) is 20.5. The molecule has 7 heteroatoms. The van der Waals surface area contributed by atoms with Crippen molar-refractivity contribution in [3.63, 3.8) is 0 Å². The van der Waals surface area contributed by atoms with Gasteiger partial charge < -0.3 is 19.7 Å². The first kappa shape index (κ1) is 25.8.